The van der Waals surface area contributed by atoms with E-state index in [1.807, 2.05) is 0 Å². The Morgan fingerprint density at radius 2 is 2.00 bits per heavy atom. The summed E-state index contributed by atoms with van der Waals surface area (Å²) in [5.41, 5.74) is 0.0535. The molecule has 10 heteroatoms. The molecule has 0 unspecified atom stereocenters. The highest BCUT2D eigenvalue weighted by Crippen LogP contribution is 2.15. The maximum atomic E-state index is 13.3. The van der Waals surface area contributed by atoms with Crippen molar-refractivity contribution in [3.63, 3.8) is 0 Å². The molecule has 0 saturated carbocycles. The van der Waals surface area contributed by atoms with Crippen LogP contribution in [0.1, 0.15) is 18.5 Å². The van der Waals surface area contributed by atoms with E-state index in [-0.39, 0.29) is 18.1 Å². The highest BCUT2D eigenvalue weighted by atomic mass is 19.2. The van der Waals surface area contributed by atoms with E-state index in [0.717, 1.165) is 21.3 Å². The number of ether oxygens (including phenoxy) is 1. The fraction of sp³-hybridized carbons (Fsp3) is 0.250. The van der Waals surface area contributed by atoms with Crippen molar-refractivity contribution in [2.24, 2.45) is 0 Å². The van der Waals surface area contributed by atoms with E-state index < -0.39 is 29.3 Å². The predicted octanol–water partition coefficient (Wildman–Crippen LogP) is 1.06. The molecule has 1 N–H and O–H groups in total. The van der Waals surface area contributed by atoms with Crippen LogP contribution >= 0.6 is 0 Å². The Labute approximate surface area is 146 Å². The predicted molar refractivity (Wildman–Crippen MR) is 86.7 cm³/mol. The molecule has 1 aromatic carbocycles. The van der Waals surface area contributed by atoms with E-state index in [0.29, 0.717) is 5.56 Å². The molecule has 136 valence electrons. The normalized spacial score (nSPS) is 12.2. The third-order valence-corrected chi connectivity index (χ3v) is 3.74. The van der Waals surface area contributed by atoms with E-state index >= 15 is 0 Å². The number of aromatic nitrogens is 4. The van der Waals surface area contributed by atoms with E-state index in [4.69, 9.17) is 4.74 Å². The Balaban J connectivity index is 1.75. The van der Waals surface area contributed by atoms with Crippen molar-refractivity contribution in [3.05, 3.63) is 58.0 Å². The van der Waals surface area contributed by atoms with Crippen LogP contribution in [0.2, 0.25) is 0 Å². The van der Waals surface area contributed by atoms with E-state index in [2.05, 4.69) is 15.5 Å². The number of benzene rings is 1. The monoisotopic (exact) mass is 363 g/mol. The summed E-state index contributed by atoms with van der Waals surface area (Å²) >= 11 is 0. The van der Waals surface area contributed by atoms with Crippen LogP contribution in [0.3, 0.4) is 0 Å². The molecule has 0 saturated heterocycles. The second kappa shape index (κ2) is 6.90. The molecule has 3 aromatic rings. The number of amides is 1. The van der Waals surface area contributed by atoms with Gasteiger partial charge in [-0.1, -0.05) is 6.07 Å². The van der Waals surface area contributed by atoms with Crippen molar-refractivity contribution >= 4 is 11.6 Å². The molecule has 0 fully saturated rings. The molecule has 0 aliphatic rings. The molecular formula is C16H15F2N5O3. The van der Waals surface area contributed by atoms with Crippen molar-refractivity contribution in [1.82, 2.24) is 24.7 Å². The number of rotatable bonds is 5. The van der Waals surface area contributed by atoms with E-state index in [1.54, 1.807) is 6.92 Å². The molecule has 3 rings (SSSR count). The zero-order valence-electron chi connectivity index (χ0n) is 13.9. The molecule has 0 bridgehead atoms. The summed E-state index contributed by atoms with van der Waals surface area (Å²) in [5.74, 6) is -2.25. The van der Waals surface area contributed by atoms with Gasteiger partial charge in [0.15, 0.2) is 17.3 Å². The number of hydrogen-bond donors (Lipinski definition) is 1. The van der Waals surface area contributed by atoms with Crippen LogP contribution in [0.5, 0.6) is 5.88 Å². The van der Waals surface area contributed by atoms with Gasteiger partial charge >= 0.3 is 5.69 Å². The maximum absolute atomic E-state index is 13.3. The fourth-order valence-electron chi connectivity index (χ4n) is 2.39. The first-order valence-corrected chi connectivity index (χ1v) is 7.64. The number of carbonyl (C=O) groups is 1. The Morgan fingerprint density at radius 1 is 1.23 bits per heavy atom. The first-order valence-electron chi connectivity index (χ1n) is 7.64. The minimum Gasteiger partial charge on any atom is -0.480 e. The summed E-state index contributed by atoms with van der Waals surface area (Å²) in [5, 5.41) is 10.6. The number of halogens is 2. The average Bonchev–Trinajstić information content (AvgIpc) is 2.92. The third kappa shape index (κ3) is 3.39. The summed E-state index contributed by atoms with van der Waals surface area (Å²) in [6.45, 7) is 1.27. The Bertz CT molecular complexity index is 1030. The Kier molecular flexibility index (Phi) is 4.65. The number of nitrogens with one attached hydrogen (secondary N) is 1. The molecule has 0 radical (unpaired) electrons. The van der Waals surface area contributed by atoms with Crippen LogP contribution in [-0.4, -0.2) is 32.4 Å². The summed E-state index contributed by atoms with van der Waals surface area (Å²) in [6.07, 6.45) is 0. The largest absolute Gasteiger partial charge is 0.480 e. The van der Waals surface area contributed by atoms with Crippen LogP contribution in [0.4, 0.5) is 8.78 Å². The minimum atomic E-state index is -1.000. The summed E-state index contributed by atoms with van der Waals surface area (Å²) in [4.78, 5) is 24.4. The summed E-state index contributed by atoms with van der Waals surface area (Å²) < 4.78 is 33.2. The lowest BCUT2D eigenvalue weighted by atomic mass is 10.1. The molecule has 2 heterocycles. The number of nitrogens with zero attached hydrogens (tertiary/aromatic N) is 4. The van der Waals surface area contributed by atoms with Gasteiger partial charge in [0.2, 0.25) is 11.8 Å². The van der Waals surface area contributed by atoms with Crippen molar-refractivity contribution in [3.8, 4) is 5.88 Å². The highest BCUT2D eigenvalue weighted by molar-refractivity contribution is 5.76. The first kappa shape index (κ1) is 17.5. The lowest BCUT2D eigenvalue weighted by Crippen LogP contribution is -2.34. The van der Waals surface area contributed by atoms with Gasteiger partial charge in [0.25, 0.3) is 0 Å². The van der Waals surface area contributed by atoms with Gasteiger partial charge in [-0.3, -0.25) is 4.79 Å². The average molecular weight is 363 g/mol. The van der Waals surface area contributed by atoms with Crippen LogP contribution < -0.4 is 15.7 Å². The van der Waals surface area contributed by atoms with Gasteiger partial charge in [0.05, 0.1) is 13.2 Å². The standard InChI is InChI=1S/C16H15F2N5O3/c1-9(10-3-4-11(17)12(18)7-10)19-14(24)8-22-16(25)23-13(20-22)5-6-15(21-23)26-2/h3-7,9H,8H2,1-2H3,(H,19,24)/t9-/m0/s1. The maximum Gasteiger partial charge on any atom is 0.367 e. The van der Waals surface area contributed by atoms with Crippen molar-refractivity contribution in [1.29, 1.82) is 0 Å². The van der Waals surface area contributed by atoms with Gasteiger partial charge in [-0.25, -0.2) is 18.3 Å². The number of carbonyl (C=O) groups excluding carboxylic acids is 1. The molecule has 0 spiro atoms. The Hall–Kier alpha value is -3.30. The second-order valence-corrected chi connectivity index (χ2v) is 5.55. The van der Waals surface area contributed by atoms with Crippen LogP contribution in [0.25, 0.3) is 5.65 Å². The number of hydrogen-bond acceptors (Lipinski definition) is 5. The van der Waals surface area contributed by atoms with Crippen molar-refractivity contribution < 1.29 is 18.3 Å². The summed E-state index contributed by atoms with van der Waals surface area (Å²) in [6, 6.07) is 5.86. The number of methoxy groups -OCH3 is 1. The molecule has 8 nitrogen and oxygen atoms in total. The van der Waals surface area contributed by atoms with Gasteiger partial charge in [0.1, 0.15) is 6.54 Å². The summed E-state index contributed by atoms with van der Waals surface area (Å²) in [7, 11) is 1.41. The number of fused-ring (bicyclic) bond motifs is 1. The van der Waals surface area contributed by atoms with E-state index in [9.17, 15) is 18.4 Å². The minimum absolute atomic E-state index is 0.232. The van der Waals surface area contributed by atoms with Gasteiger partial charge in [-0.2, -0.15) is 4.52 Å². The second-order valence-electron chi connectivity index (χ2n) is 5.55. The Morgan fingerprint density at radius 3 is 2.69 bits per heavy atom. The third-order valence-electron chi connectivity index (χ3n) is 3.74. The lowest BCUT2D eigenvalue weighted by Gasteiger charge is -2.14. The smallest absolute Gasteiger partial charge is 0.367 e. The molecule has 1 atom stereocenters. The lowest BCUT2D eigenvalue weighted by molar-refractivity contribution is -0.122. The van der Waals surface area contributed by atoms with Crippen molar-refractivity contribution in [2.45, 2.75) is 19.5 Å². The SMILES string of the molecule is COc1ccc2nn(CC(=O)N[C@@H](C)c3ccc(F)c(F)c3)c(=O)n2n1. The molecule has 1 amide bonds. The van der Waals surface area contributed by atoms with Crippen LogP contribution in [0, 0.1) is 11.6 Å². The van der Waals surface area contributed by atoms with Crippen LogP contribution in [-0.2, 0) is 11.3 Å². The quantitative estimate of drug-likeness (QED) is 0.732. The highest BCUT2D eigenvalue weighted by Gasteiger charge is 2.15. The van der Waals surface area contributed by atoms with Gasteiger partial charge in [0, 0.05) is 6.07 Å². The molecular weight excluding hydrogens is 348 g/mol. The molecule has 26 heavy (non-hydrogen) atoms. The van der Waals surface area contributed by atoms with Gasteiger partial charge in [-0.15, -0.1) is 10.2 Å². The fourth-order valence-corrected chi connectivity index (χ4v) is 2.39. The topological polar surface area (TPSA) is 90.5 Å². The molecule has 0 aliphatic heterocycles. The molecule has 0 aliphatic carbocycles. The zero-order chi connectivity index (χ0) is 18.8. The van der Waals surface area contributed by atoms with Crippen molar-refractivity contribution in [2.75, 3.05) is 7.11 Å². The van der Waals surface area contributed by atoms with Crippen LogP contribution in [0.15, 0.2) is 35.1 Å². The van der Waals surface area contributed by atoms with Gasteiger partial charge < -0.3 is 10.1 Å². The molecule has 2 aromatic heterocycles. The zero-order valence-corrected chi connectivity index (χ0v) is 13.9. The first-order chi connectivity index (χ1) is 12.4. The van der Waals surface area contributed by atoms with Gasteiger partial charge in [-0.05, 0) is 30.7 Å². The van der Waals surface area contributed by atoms with E-state index in [1.165, 1.54) is 25.3 Å².